The van der Waals surface area contributed by atoms with E-state index >= 15 is 0 Å². The molecular formula is C54H45N3. The van der Waals surface area contributed by atoms with Crippen molar-refractivity contribution in [1.82, 2.24) is 10.6 Å². The summed E-state index contributed by atoms with van der Waals surface area (Å²) in [4.78, 5) is 0. The molecule has 0 aliphatic heterocycles. The van der Waals surface area contributed by atoms with Crippen LogP contribution in [0.4, 0.5) is 0 Å². The summed E-state index contributed by atoms with van der Waals surface area (Å²) in [6.07, 6.45) is -0.537. The second-order valence-corrected chi connectivity index (χ2v) is 15.9. The topological polar surface area (TPSA) is 50.1 Å². The fourth-order valence-corrected chi connectivity index (χ4v) is 9.29. The van der Waals surface area contributed by atoms with Crippen molar-refractivity contribution >= 4 is 32.3 Å². The van der Waals surface area contributed by atoms with Crippen molar-refractivity contribution in [3.8, 4) is 33.4 Å². The zero-order chi connectivity index (χ0) is 38.5. The molecule has 9 aromatic carbocycles. The van der Waals surface area contributed by atoms with Gasteiger partial charge in [0.1, 0.15) is 0 Å². The molecule has 3 nitrogen and oxygen atoms in total. The van der Waals surface area contributed by atoms with Gasteiger partial charge in [-0.05, 0) is 99.6 Å². The van der Waals surface area contributed by atoms with Gasteiger partial charge in [0.2, 0.25) is 0 Å². The standard InChI is InChI=1S/C54H45N3/c1-54(2)49-22-11-10-19-45(49)47-21-12-20-44(51(47)54)37-27-29-40(30-28-37)53(57-52(55)39-14-4-3-5-15-39)56-34-35-23-25-38(26-24-35)50-43-18-9-7-16-41(43)33-48-42-17-8-6-13-36(42)31-32-46(48)50/h3-33,52-53,56-57H,34,55H2,1-2H3. The van der Waals surface area contributed by atoms with Gasteiger partial charge in [-0.3, -0.25) is 10.6 Å². The Morgan fingerprint density at radius 1 is 0.491 bits per heavy atom. The van der Waals surface area contributed by atoms with Crippen molar-refractivity contribution in [2.24, 2.45) is 5.73 Å². The molecule has 0 amide bonds. The first kappa shape index (κ1) is 35.1. The lowest BCUT2D eigenvalue weighted by Gasteiger charge is -2.26. The highest BCUT2D eigenvalue weighted by atomic mass is 15.2. The van der Waals surface area contributed by atoms with E-state index in [1.165, 1.54) is 82.4 Å². The van der Waals surface area contributed by atoms with Gasteiger partial charge in [0.15, 0.2) is 0 Å². The van der Waals surface area contributed by atoms with Crippen molar-refractivity contribution < 1.29 is 0 Å². The van der Waals surface area contributed by atoms with E-state index in [0.717, 1.165) is 11.1 Å². The minimum absolute atomic E-state index is 0.0834. The van der Waals surface area contributed by atoms with E-state index in [1.54, 1.807) is 0 Å². The first-order valence-electron chi connectivity index (χ1n) is 20.0. The normalized spacial score (nSPS) is 14.1. The van der Waals surface area contributed by atoms with Crippen LogP contribution in [-0.4, -0.2) is 0 Å². The van der Waals surface area contributed by atoms with Gasteiger partial charge >= 0.3 is 0 Å². The molecule has 0 bridgehead atoms. The van der Waals surface area contributed by atoms with E-state index in [-0.39, 0.29) is 17.7 Å². The van der Waals surface area contributed by atoms with Crippen LogP contribution in [0.3, 0.4) is 0 Å². The van der Waals surface area contributed by atoms with Crippen LogP contribution in [-0.2, 0) is 12.0 Å². The molecule has 3 heteroatoms. The maximum absolute atomic E-state index is 6.81. The summed E-state index contributed by atoms with van der Waals surface area (Å²) in [5.74, 6) is 0. The van der Waals surface area contributed by atoms with E-state index in [0.29, 0.717) is 6.54 Å². The highest BCUT2D eigenvalue weighted by Crippen LogP contribution is 2.52. The zero-order valence-electron chi connectivity index (χ0n) is 32.3. The Morgan fingerprint density at radius 3 is 1.95 bits per heavy atom. The van der Waals surface area contributed by atoms with Crippen LogP contribution in [0.2, 0.25) is 0 Å². The molecule has 0 saturated carbocycles. The molecule has 1 aliphatic carbocycles. The fraction of sp³-hybridized carbons (Fsp3) is 0.111. The van der Waals surface area contributed by atoms with Crippen LogP contribution < -0.4 is 16.4 Å². The summed E-state index contributed by atoms with van der Waals surface area (Å²) in [6, 6.07) is 68.2. The molecule has 0 radical (unpaired) electrons. The van der Waals surface area contributed by atoms with Crippen LogP contribution in [0.25, 0.3) is 65.7 Å². The Kier molecular flexibility index (Phi) is 8.80. The predicted molar refractivity (Wildman–Crippen MR) is 240 cm³/mol. The average Bonchev–Trinajstić information content (AvgIpc) is 3.50. The number of hydrogen-bond donors (Lipinski definition) is 3. The molecule has 0 aromatic heterocycles. The molecule has 1 aliphatic rings. The van der Waals surface area contributed by atoms with Gasteiger partial charge in [-0.25, -0.2) is 0 Å². The molecule has 0 saturated heterocycles. The molecule has 276 valence electrons. The van der Waals surface area contributed by atoms with Crippen LogP contribution in [0.15, 0.2) is 188 Å². The van der Waals surface area contributed by atoms with Crippen LogP contribution in [0, 0.1) is 0 Å². The van der Waals surface area contributed by atoms with Gasteiger partial charge in [-0.15, -0.1) is 0 Å². The average molecular weight is 736 g/mol. The van der Waals surface area contributed by atoms with Gasteiger partial charge in [-0.2, -0.15) is 0 Å². The predicted octanol–water partition coefficient (Wildman–Crippen LogP) is 12.8. The SMILES string of the molecule is CC1(C)c2ccccc2-c2cccc(-c3ccc(C(NCc4ccc(-c5c6ccccc6cc6c5ccc5ccccc56)cc4)NC(N)c4ccccc4)cc3)c21. The Hall–Kier alpha value is -6.36. The number of nitrogens with one attached hydrogen (secondary N) is 2. The van der Waals surface area contributed by atoms with Crippen molar-refractivity contribution in [1.29, 1.82) is 0 Å². The summed E-state index contributed by atoms with van der Waals surface area (Å²) in [5, 5.41) is 15.1. The third-order valence-corrected chi connectivity index (χ3v) is 12.2. The number of fused-ring (bicyclic) bond motifs is 7. The van der Waals surface area contributed by atoms with Crippen molar-refractivity contribution in [3.63, 3.8) is 0 Å². The highest BCUT2D eigenvalue weighted by molar-refractivity contribution is 6.20. The zero-order valence-corrected chi connectivity index (χ0v) is 32.3. The molecule has 9 aromatic rings. The molecule has 2 atom stereocenters. The monoisotopic (exact) mass is 735 g/mol. The Morgan fingerprint density at radius 2 is 1.14 bits per heavy atom. The second kappa shape index (κ2) is 14.3. The molecule has 57 heavy (non-hydrogen) atoms. The number of hydrogen-bond acceptors (Lipinski definition) is 3. The quantitative estimate of drug-likeness (QED) is 0.0786. The molecule has 0 heterocycles. The number of benzene rings is 9. The molecule has 0 fully saturated rings. The molecule has 0 spiro atoms. The van der Waals surface area contributed by atoms with Gasteiger partial charge in [0.05, 0.1) is 12.3 Å². The summed E-state index contributed by atoms with van der Waals surface area (Å²) < 4.78 is 0. The molecule has 2 unspecified atom stereocenters. The van der Waals surface area contributed by atoms with Crippen LogP contribution >= 0.6 is 0 Å². The first-order valence-corrected chi connectivity index (χ1v) is 20.0. The summed E-state index contributed by atoms with van der Waals surface area (Å²) in [7, 11) is 0. The third kappa shape index (κ3) is 6.21. The lowest BCUT2D eigenvalue weighted by molar-refractivity contribution is 0.386. The Balaban J connectivity index is 0.958. The van der Waals surface area contributed by atoms with Gasteiger partial charge < -0.3 is 5.73 Å². The second-order valence-electron chi connectivity index (χ2n) is 15.9. The third-order valence-electron chi connectivity index (χ3n) is 12.2. The van der Waals surface area contributed by atoms with Crippen molar-refractivity contribution in [3.05, 3.63) is 216 Å². The van der Waals surface area contributed by atoms with E-state index in [9.17, 15) is 0 Å². The minimum Gasteiger partial charge on any atom is -0.312 e. The van der Waals surface area contributed by atoms with Crippen LogP contribution in [0.1, 0.15) is 54.0 Å². The van der Waals surface area contributed by atoms with Gasteiger partial charge in [-0.1, -0.05) is 196 Å². The summed E-state index contributed by atoms with van der Waals surface area (Å²) >= 11 is 0. The maximum Gasteiger partial charge on any atom is 0.0852 e. The largest absolute Gasteiger partial charge is 0.312 e. The van der Waals surface area contributed by atoms with Gasteiger partial charge in [0.25, 0.3) is 0 Å². The first-order chi connectivity index (χ1) is 27.9. The van der Waals surface area contributed by atoms with Crippen molar-refractivity contribution in [2.75, 3.05) is 0 Å². The van der Waals surface area contributed by atoms with Crippen molar-refractivity contribution in [2.45, 2.75) is 38.1 Å². The molecule has 10 rings (SSSR count). The van der Waals surface area contributed by atoms with E-state index in [4.69, 9.17) is 5.73 Å². The maximum atomic E-state index is 6.81. The number of nitrogens with two attached hydrogens (primary N) is 1. The summed E-state index contributed by atoms with van der Waals surface area (Å²) in [6.45, 7) is 5.37. The Labute approximate surface area is 334 Å². The molecule has 4 N–H and O–H groups in total. The van der Waals surface area contributed by atoms with E-state index < -0.39 is 0 Å². The lowest BCUT2D eigenvalue weighted by Crippen LogP contribution is -2.39. The molecular weight excluding hydrogens is 691 g/mol. The van der Waals surface area contributed by atoms with Crippen LogP contribution in [0.5, 0.6) is 0 Å². The van der Waals surface area contributed by atoms with E-state index in [1.807, 2.05) is 18.2 Å². The number of rotatable bonds is 9. The fourth-order valence-electron chi connectivity index (χ4n) is 9.29. The minimum atomic E-state index is -0.349. The summed E-state index contributed by atoms with van der Waals surface area (Å²) in [5.41, 5.74) is 20.6. The van der Waals surface area contributed by atoms with E-state index in [2.05, 4.69) is 194 Å². The highest BCUT2D eigenvalue weighted by Gasteiger charge is 2.37. The lowest BCUT2D eigenvalue weighted by atomic mass is 9.79. The Bertz CT molecular complexity index is 2910. The van der Waals surface area contributed by atoms with Gasteiger partial charge in [0, 0.05) is 12.0 Å². The smallest absolute Gasteiger partial charge is 0.0852 e.